The molecule has 0 aliphatic heterocycles. The first-order valence-corrected chi connectivity index (χ1v) is 4.24. The molecule has 0 amide bonds. The molecular formula is HO7PPdS. The van der Waals surface area contributed by atoms with Crippen LogP contribution < -0.4 is 9.79 Å². The van der Waals surface area contributed by atoms with Gasteiger partial charge in [-0.1, -0.05) is 0 Å². The molecule has 0 aliphatic carbocycles. The van der Waals surface area contributed by atoms with Gasteiger partial charge in [0.1, 0.15) is 0 Å². The van der Waals surface area contributed by atoms with Crippen molar-refractivity contribution in [2.75, 3.05) is 0 Å². The second kappa shape index (κ2) is 3.90. The number of phosphoric acid groups is 1. The Morgan fingerprint density at radius 3 is 1.70 bits per heavy atom. The van der Waals surface area contributed by atoms with Crippen LogP contribution in [0.3, 0.4) is 0 Å². The smallest absolute Gasteiger partial charge is 0.789 e. The van der Waals surface area contributed by atoms with Crippen molar-refractivity contribution in [3.63, 3.8) is 0 Å². The fourth-order valence-corrected chi connectivity index (χ4v) is 1.04. The van der Waals surface area contributed by atoms with E-state index in [1.54, 1.807) is 0 Å². The molecule has 0 rings (SSSR count). The Bertz CT molecular complexity index is 220. The molecule has 0 radical (unpaired) electrons. The summed E-state index contributed by atoms with van der Waals surface area (Å²) in [5, 5.41) is 0. The van der Waals surface area contributed by atoms with Gasteiger partial charge < -0.3 is 14.4 Å². The second-order valence-corrected chi connectivity index (χ2v) is 3.30. The zero-order valence-electron chi connectivity index (χ0n) is 4.07. The summed E-state index contributed by atoms with van der Waals surface area (Å²) in [5.74, 6) is 0. The van der Waals surface area contributed by atoms with Gasteiger partial charge in [0.2, 0.25) is 0 Å². The molecule has 0 aliphatic rings. The zero-order valence-corrected chi connectivity index (χ0v) is 7.33. The average Bonchev–Trinajstić information content (AvgIpc) is 1.14. The Morgan fingerprint density at radius 1 is 1.40 bits per heavy atom. The summed E-state index contributed by atoms with van der Waals surface area (Å²) in [4.78, 5) is 18.7. The minimum Gasteiger partial charge on any atom is -0.789 e. The fraction of sp³-hybridized carbons (Fsp3) is 0. The van der Waals surface area contributed by atoms with Crippen LogP contribution in [0.2, 0.25) is 0 Å². The molecule has 0 aromatic rings. The van der Waals surface area contributed by atoms with Gasteiger partial charge in [0.15, 0.2) is 0 Å². The number of hydrogen-bond donors (Lipinski definition) is 1. The van der Waals surface area contributed by atoms with Crippen molar-refractivity contribution in [2.45, 2.75) is 0 Å². The minimum atomic E-state index is -5.63. The molecule has 0 bridgehead atoms. The predicted molar refractivity (Wildman–Crippen MR) is 20.2 cm³/mol. The van der Waals surface area contributed by atoms with Crippen LogP contribution in [0.25, 0.3) is 0 Å². The Balaban J connectivity index is 0. The van der Waals surface area contributed by atoms with Crippen LogP contribution in [0.1, 0.15) is 0 Å². The topological polar surface area (TPSA) is 127 Å². The van der Waals surface area contributed by atoms with E-state index in [-0.39, 0.29) is 20.4 Å². The normalized spacial score (nSPS) is 12.3. The average molecular weight is 282 g/mol. The molecule has 10 heavy (non-hydrogen) atoms. The first-order valence-electron chi connectivity index (χ1n) is 1.41. The Hall–Kier alpha value is 0.682. The molecule has 7 nitrogen and oxygen atoms in total. The van der Waals surface area contributed by atoms with Crippen molar-refractivity contribution >= 4 is 18.2 Å². The van der Waals surface area contributed by atoms with E-state index in [1.165, 1.54) is 0 Å². The summed E-state index contributed by atoms with van der Waals surface area (Å²) < 4.78 is 38.3. The van der Waals surface area contributed by atoms with Crippen LogP contribution in [0.5, 0.6) is 0 Å². The van der Waals surface area contributed by atoms with Gasteiger partial charge in [-0.25, -0.2) is 3.97 Å². The Labute approximate surface area is 70.2 Å². The van der Waals surface area contributed by atoms with Gasteiger partial charge in [-0.2, -0.15) is 8.42 Å². The van der Waals surface area contributed by atoms with Crippen molar-refractivity contribution in [3.8, 4) is 0 Å². The maximum Gasteiger partial charge on any atom is 2.00 e. The SMILES string of the molecule is O=P([O-])([O-])OS(=O)(=O)O.[Pd+2]. The summed E-state index contributed by atoms with van der Waals surface area (Å²) in [5.41, 5.74) is 0. The van der Waals surface area contributed by atoms with Gasteiger partial charge in [0, 0.05) is 0 Å². The first-order chi connectivity index (χ1) is 3.71. The Morgan fingerprint density at radius 2 is 1.70 bits per heavy atom. The second-order valence-electron chi connectivity index (χ2n) is 0.949. The maximum atomic E-state index is 9.41. The molecule has 0 aromatic heterocycles. The molecule has 0 aromatic carbocycles. The molecule has 0 saturated carbocycles. The summed E-state index contributed by atoms with van der Waals surface area (Å²) in [6.07, 6.45) is 0. The molecule has 1 N–H and O–H groups in total. The van der Waals surface area contributed by atoms with E-state index in [1.807, 2.05) is 0 Å². The van der Waals surface area contributed by atoms with Gasteiger partial charge in [-0.3, -0.25) is 4.55 Å². The Kier molecular flexibility index (Phi) is 5.18. The first kappa shape index (κ1) is 13.3. The molecular weight excluding hydrogens is 281 g/mol. The third kappa shape index (κ3) is 11.5. The van der Waals surface area contributed by atoms with Crippen molar-refractivity contribution in [3.05, 3.63) is 0 Å². The fourth-order valence-electron chi connectivity index (χ4n) is 0.115. The number of rotatable bonds is 2. The third-order valence-corrected chi connectivity index (χ3v) is 1.67. The van der Waals surface area contributed by atoms with Crippen LogP contribution in [0.4, 0.5) is 0 Å². The van der Waals surface area contributed by atoms with Crippen LogP contribution in [0.15, 0.2) is 0 Å². The van der Waals surface area contributed by atoms with Crippen LogP contribution in [-0.4, -0.2) is 13.0 Å². The van der Waals surface area contributed by atoms with E-state index >= 15 is 0 Å². The van der Waals surface area contributed by atoms with Crippen LogP contribution in [-0.2, 0) is 39.4 Å². The zero-order chi connectivity index (χ0) is 7.71. The number of hydrogen-bond acceptors (Lipinski definition) is 6. The van der Waals surface area contributed by atoms with E-state index in [2.05, 4.69) is 3.97 Å². The van der Waals surface area contributed by atoms with Gasteiger partial charge in [0.05, 0.1) is 7.82 Å². The summed E-state index contributed by atoms with van der Waals surface area (Å²) in [7, 11) is -10.8. The molecule has 64 valence electrons. The quantitative estimate of drug-likeness (QED) is 0.341. The van der Waals surface area contributed by atoms with Crippen molar-refractivity contribution < 1.29 is 51.7 Å². The van der Waals surface area contributed by atoms with E-state index in [4.69, 9.17) is 4.55 Å². The van der Waals surface area contributed by atoms with E-state index < -0.39 is 18.2 Å². The molecule has 0 unspecified atom stereocenters. The monoisotopic (exact) mass is 282 g/mol. The van der Waals surface area contributed by atoms with Gasteiger partial charge in [-0.05, 0) is 0 Å². The van der Waals surface area contributed by atoms with Crippen LogP contribution in [0, 0.1) is 0 Å². The van der Waals surface area contributed by atoms with E-state index in [9.17, 15) is 22.8 Å². The molecule has 0 atom stereocenters. The largest absolute Gasteiger partial charge is 2.00 e. The minimum absolute atomic E-state index is 0. The van der Waals surface area contributed by atoms with Gasteiger partial charge in [-0.15, -0.1) is 0 Å². The predicted octanol–water partition coefficient (Wildman–Crippen LogP) is -2.37. The molecule has 0 saturated heterocycles. The summed E-state index contributed by atoms with van der Waals surface area (Å²) >= 11 is 0. The third-order valence-electron chi connectivity index (χ3n) is 0.185. The van der Waals surface area contributed by atoms with Gasteiger partial charge in [0.25, 0.3) is 0 Å². The van der Waals surface area contributed by atoms with Gasteiger partial charge >= 0.3 is 30.8 Å². The standard InChI is InChI=1S/H3O7PS.Pd/c1-8(2,3)7-9(4,5)6;/h(H2,1,2,3)(H,4,5,6);/q;+2/p-2. The molecule has 10 heteroatoms. The van der Waals surface area contributed by atoms with Crippen molar-refractivity contribution in [1.29, 1.82) is 0 Å². The molecule has 0 heterocycles. The van der Waals surface area contributed by atoms with E-state index in [0.717, 1.165) is 0 Å². The van der Waals surface area contributed by atoms with Crippen molar-refractivity contribution in [1.82, 2.24) is 0 Å². The maximum absolute atomic E-state index is 9.41. The van der Waals surface area contributed by atoms with Crippen molar-refractivity contribution in [2.24, 2.45) is 0 Å². The summed E-state index contributed by atoms with van der Waals surface area (Å²) in [6, 6.07) is 0. The van der Waals surface area contributed by atoms with E-state index in [0.29, 0.717) is 0 Å². The van der Waals surface area contributed by atoms with Crippen LogP contribution >= 0.6 is 7.82 Å². The summed E-state index contributed by atoms with van der Waals surface area (Å²) in [6.45, 7) is 0. The molecule has 0 fully saturated rings. The molecule has 0 spiro atoms.